The molecule has 1 aromatic rings. The first-order chi connectivity index (χ1) is 7.76. The Labute approximate surface area is 97.4 Å². The van der Waals surface area contributed by atoms with Gasteiger partial charge in [-0.3, -0.25) is 4.68 Å². The molecule has 1 aliphatic heterocycles. The standard InChI is InChI=1S/C12H22N4/c1-3-15-7-5-11(9-15)16-12(4-6-14-16)10(2)8-13/h4,6,10-11H,3,5,7-9,13H2,1-2H3. The SMILES string of the molecule is CCN1CCC(n2nccc2C(C)CN)C1. The van der Waals surface area contributed by atoms with Crippen molar-refractivity contribution in [2.75, 3.05) is 26.2 Å². The van der Waals surface area contributed by atoms with Crippen LogP contribution in [0.15, 0.2) is 12.3 Å². The number of hydrogen-bond acceptors (Lipinski definition) is 3. The molecule has 1 saturated heterocycles. The van der Waals surface area contributed by atoms with Gasteiger partial charge in [-0.05, 0) is 19.0 Å². The third-order valence-corrected chi connectivity index (χ3v) is 3.60. The van der Waals surface area contributed by atoms with E-state index in [1.165, 1.54) is 18.7 Å². The highest BCUT2D eigenvalue weighted by Gasteiger charge is 2.25. The van der Waals surface area contributed by atoms with Gasteiger partial charge in [0.25, 0.3) is 0 Å². The molecule has 0 saturated carbocycles. The number of nitrogens with zero attached hydrogens (tertiary/aromatic N) is 3. The maximum atomic E-state index is 5.73. The van der Waals surface area contributed by atoms with Crippen molar-refractivity contribution in [1.82, 2.24) is 14.7 Å². The quantitative estimate of drug-likeness (QED) is 0.833. The van der Waals surface area contributed by atoms with Crippen molar-refractivity contribution >= 4 is 0 Å². The normalized spacial score (nSPS) is 23.8. The number of rotatable bonds is 4. The molecule has 90 valence electrons. The first kappa shape index (κ1) is 11.6. The van der Waals surface area contributed by atoms with Crippen LogP contribution in [-0.4, -0.2) is 40.9 Å². The number of nitrogens with two attached hydrogens (primary N) is 1. The molecule has 0 spiro atoms. The summed E-state index contributed by atoms with van der Waals surface area (Å²) in [5.41, 5.74) is 7.02. The van der Waals surface area contributed by atoms with E-state index in [9.17, 15) is 0 Å². The predicted molar refractivity (Wildman–Crippen MR) is 65.5 cm³/mol. The first-order valence-corrected chi connectivity index (χ1v) is 6.22. The van der Waals surface area contributed by atoms with Crippen LogP contribution in [0.25, 0.3) is 0 Å². The number of likely N-dealkylation sites (N-methyl/N-ethyl adjacent to an activating group) is 1. The number of hydrogen-bond donors (Lipinski definition) is 1. The maximum Gasteiger partial charge on any atom is 0.0661 e. The van der Waals surface area contributed by atoms with E-state index in [0.29, 0.717) is 18.5 Å². The first-order valence-electron chi connectivity index (χ1n) is 6.22. The Morgan fingerprint density at radius 2 is 2.44 bits per heavy atom. The van der Waals surface area contributed by atoms with Crippen molar-refractivity contribution in [2.45, 2.75) is 32.2 Å². The molecule has 16 heavy (non-hydrogen) atoms. The van der Waals surface area contributed by atoms with Crippen molar-refractivity contribution < 1.29 is 0 Å². The molecule has 2 rings (SSSR count). The number of aromatic nitrogens is 2. The molecular weight excluding hydrogens is 200 g/mol. The average Bonchev–Trinajstić information content (AvgIpc) is 2.95. The fourth-order valence-electron chi connectivity index (χ4n) is 2.44. The third kappa shape index (κ3) is 2.13. The zero-order chi connectivity index (χ0) is 11.5. The lowest BCUT2D eigenvalue weighted by atomic mass is 10.1. The van der Waals surface area contributed by atoms with Crippen molar-refractivity contribution in [3.8, 4) is 0 Å². The average molecular weight is 222 g/mol. The highest BCUT2D eigenvalue weighted by molar-refractivity contribution is 5.09. The summed E-state index contributed by atoms with van der Waals surface area (Å²) in [6.45, 7) is 8.53. The molecule has 1 aromatic heterocycles. The number of likely N-dealkylation sites (tertiary alicyclic amines) is 1. The van der Waals surface area contributed by atoms with Gasteiger partial charge in [0.2, 0.25) is 0 Å². The van der Waals surface area contributed by atoms with E-state index >= 15 is 0 Å². The molecule has 2 N–H and O–H groups in total. The highest BCUT2D eigenvalue weighted by Crippen LogP contribution is 2.25. The Morgan fingerprint density at radius 3 is 3.06 bits per heavy atom. The van der Waals surface area contributed by atoms with Crippen molar-refractivity contribution in [3.63, 3.8) is 0 Å². The fraction of sp³-hybridized carbons (Fsp3) is 0.750. The molecule has 0 radical (unpaired) electrons. The monoisotopic (exact) mass is 222 g/mol. The van der Waals surface area contributed by atoms with Gasteiger partial charge in [0, 0.05) is 37.4 Å². The van der Waals surface area contributed by atoms with Crippen LogP contribution >= 0.6 is 0 Å². The minimum absolute atomic E-state index is 0.401. The van der Waals surface area contributed by atoms with E-state index < -0.39 is 0 Å². The van der Waals surface area contributed by atoms with E-state index in [-0.39, 0.29) is 0 Å². The Bertz CT molecular complexity index is 334. The van der Waals surface area contributed by atoms with Crippen LogP contribution in [-0.2, 0) is 0 Å². The Hall–Kier alpha value is -0.870. The van der Waals surface area contributed by atoms with Gasteiger partial charge in [0.05, 0.1) is 6.04 Å². The smallest absolute Gasteiger partial charge is 0.0661 e. The molecule has 0 bridgehead atoms. The minimum Gasteiger partial charge on any atom is -0.330 e. The molecule has 4 nitrogen and oxygen atoms in total. The summed E-state index contributed by atoms with van der Waals surface area (Å²) in [5.74, 6) is 0.401. The van der Waals surface area contributed by atoms with E-state index in [1.807, 2.05) is 6.20 Å². The minimum atomic E-state index is 0.401. The van der Waals surface area contributed by atoms with Gasteiger partial charge in [-0.15, -0.1) is 0 Å². The largest absolute Gasteiger partial charge is 0.330 e. The Morgan fingerprint density at radius 1 is 1.62 bits per heavy atom. The summed E-state index contributed by atoms with van der Waals surface area (Å²) in [7, 11) is 0. The molecule has 4 heteroatoms. The van der Waals surface area contributed by atoms with Crippen molar-refractivity contribution in [1.29, 1.82) is 0 Å². The Kier molecular flexibility index (Phi) is 3.61. The fourth-order valence-corrected chi connectivity index (χ4v) is 2.44. The Balaban J connectivity index is 2.12. The molecule has 2 atom stereocenters. The molecule has 1 fully saturated rings. The molecule has 2 heterocycles. The lowest BCUT2D eigenvalue weighted by Gasteiger charge is -2.18. The van der Waals surface area contributed by atoms with Gasteiger partial charge in [-0.25, -0.2) is 0 Å². The van der Waals surface area contributed by atoms with Gasteiger partial charge >= 0.3 is 0 Å². The summed E-state index contributed by atoms with van der Waals surface area (Å²) in [5, 5.41) is 4.47. The maximum absolute atomic E-state index is 5.73. The van der Waals surface area contributed by atoms with Gasteiger partial charge in [0.15, 0.2) is 0 Å². The van der Waals surface area contributed by atoms with Gasteiger partial charge in [0.1, 0.15) is 0 Å². The molecule has 0 aromatic carbocycles. The summed E-state index contributed by atoms with van der Waals surface area (Å²) >= 11 is 0. The summed E-state index contributed by atoms with van der Waals surface area (Å²) in [6.07, 6.45) is 3.11. The zero-order valence-corrected chi connectivity index (χ0v) is 10.3. The van der Waals surface area contributed by atoms with E-state index in [0.717, 1.165) is 13.1 Å². The summed E-state index contributed by atoms with van der Waals surface area (Å²) in [6, 6.07) is 2.64. The van der Waals surface area contributed by atoms with Crippen LogP contribution < -0.4 is 5.73 Å². The van der Waals surface area contributed by atoms with Crippen LogP contribution in [0, 0.1) is 0 Å². The lowest BCUT2D eigenvalue weighted by Crippen LogP contribution is -2.23. The van der Waals surface area contributed by atoms with E-state index in [4.69, 9.17) is 5.73 Å². The van der Waals surface area contributed by atoms with Gasteiger partial charge in [-0.1, -0.05) is 13.8 Å². The molecule has 2 unspecified atom stereocenters. The second-order valence-electron chi connectivity index (χ2n) is 4.67. The van der Waals surface area contributed by atoms with E-state index in [1.54, 1.807) is 0 Å². The third-order valence-electron chi connectivity index (χ3n) is 3.60. The summed E-state index contributed by atoms with van der Waals surface area (Å²) in [4.78, 5) is 2.48. The molecule has 0 amide bonds. The van der Waals surface area contributed by atoms with Crippen LogP contribution in [0.4, 0.5) is 0 Å². The molecule has 0 aliphatic carbocycles. The van der Waals surface area contributed by atoms with Crippen molar-refractivity contribution in [3.05, 3.63) is 18.0 Å². The van der Waals surface area contributed by atoms with Gasteiger partial charge in [-0.2, -0.15) is 5.10 Å². The van der Waals surface area contributed by atoms with Crippen LogP contribution in [0.5, 0.6) is 0 Å². The predicted octanol–water partition coefficient (Wildman–Crippen LogP) is 1.21. The topological polar surface area (TPSA) is 47.1 Å². The molecule has 1 aliphatic rings. The summed E-state index contributed by atoms with van der Waals surface area (Å²) < 4.78 is 2.19. The van der Waals surface area contributed by atoms with Crippen LogP contribution in [0.3, 0.4) is 0 Å². The molecular formula is C12H22N4. The lowest BCUT2D eigenvalue weighted by molar-refractivity contribution is 0.332. The second-order valence-corrected chi connectivity index (χ2v) is 4.67. The zero-order valence-electron chi connectivity index (χ0n) is 10.3. The van der Waals surface area contributed by atoms with Gasteiger partial charge < -0.3 is 10.6 Å². The van der Waals surface area contributed by atoms with Crippen molar-refractivity contribution in [2.24, 2.45) is 5.73 Å². The van der Waals surface area contributed by atoms with Crippen LogP contribution in [0.2, 0.25) is 0 Å². The van der Waals surface area contributed by atoms with E-state index in [2.05, 4.69) is 34.6 Å². The van der Waals surface area contributed by atoms with Crippen LogP contribution in [0.1, 0.15) is 37.9 Å². The highest BCUT2D eigenvalue weighted by atomic mass is 15.3. The second kappa shape index (κ2) is 4.97.